The van der Waals surface area contributed by atoms with Crippen LogP contribution in [0.5, 0.6) is 0 Å². The second-order valence-corrected chi connectivity index (χ2v) is 4.42. The molecule has 0 saturated carbocycles. The summed E-state index contributed by atoms with van der Waals surface area (Å²) < 4.78 is 0. The maximum atomic E-state index is 3.32. The summed E-state index contributed by atoms with van der Waals surface area (Å²) in [7, 11) is 0. The monoisotopic (exact) mass is 221 g/mol. The molecular formula is C13H19NS. The van der Waals surface area contributed by atoms with E-state index in [0.717, 1.165) is 13.1 Å². The summed E-state index contributed by atoms with van der Waals surface area (Å²) in [5.74, 6) is 0. The molecule has 0 saturated heterocycles. The van der Waals surface area contributed by atoms with E-state index in [1.54, 1.807) is 11.8 Å². The Morgan fingerprint density at radius 1 is 1.33 bits per heavy atom. The van der Waals surface area contributed by atoms with Crippen LogP contribution < -0.4 is 5.32 Å². The van der Waals surface area contributed by atoms with Crippen molar-refractivity contribution >= 4 is 17.8 Å². The molecule has 82 valence electrons. The lowest BCUT2D eigenvalue weighted by Gasteiger charge is -2.02. The van der Waals surface area contributed by atoms with Crippen LogP contribution in [0.2, 0.25) is 0 Å². The van der Waals surface area contributed by atoms with E-state index in [-0.39, 0.29) is 0 Å². The van der Waals surface area contributed by atoms with Crippen molar-refractivity contribution in [3.8, 4) is 0 Å². The van der Waals surface area contributed by atoms with Gasteiger partial charge in [-0.05, 0) is 37.4 Å². The van der Waals surface area contributed by atoms with Gasteiger partial charge in [-0.1, -0.05) is 30.7 Å². The summed E-state index contributed by atoms with van der Waals surface area (Å²) in [6, 6.07) is 8.66. The summed E-state index contributed by atoms with van der Waals surface area (Å²) in [4.78, 5) is 1.32. The van der Waals surface area contributed by atoms with Gasteiger partial charge < -0.3 is 5.32 Å². The molecule has 0 unspecified atom stereocenters. The molecule has 0 spiro atoms. The van der Waals surface area contributed by atoms with E-state index in [1.807, 2.05) is 0 Å². The fraction of sp³-hybridized carbons (Fsp3) is 0.385. The molecule has 0 aliphatic carbocycles. The van der Waals surface area contributed by atoms with Crippen LogP contribution in [0.3, 0.4) is 0 Å². The molecule has 0 atom stereocenters. The minimum Gasteiger partial charge on any atom is -0.313 e. The molecular weight excluding hydrogens is 202 g/mol. The fourth-order valence-corrected chi connectivity index (χ4v) is 1.77. The molecule has 0 aliphatic rings. The summed E-state index contributed by atoms with van der Waals surface area (Å²) in [6.45, 7) is 6.28. The van der Waals surface area contributed by atoms with Crippen molar-refractivity contribution < 1.29 is 0 Å². The van der Waals surface area contributed by atoms with Gasteiger partial charge in [0.25, 0.3) is 0 Å². The average molecular weight is 221 g/mol. The topological polar surface area (TPSA) is 12.0 Å². The van der Waals surface area contributed by atoms with Gasteiger partial charge in [0, 0.05) is 11.4 Å². The number of nitrogens with one attached hydrogen (secondary N) is 1. The second-order valence-electron chi connectivity index (χ2n) is 3.54. The van der Waals surface area contributed by atoms with E-state index in [1.165, 1.54) is 16.0 Å². The highest BCUT2D eigenvalue weighted by molar-refractivity contribution is 7.98. The Kier molecular flexibility index (Phi) is 5.51. The lowest BCUT2D eigenvalue weighted by atomic mass is 10.1. The number of hydrogen-bond donors (Lipinski definition) is 1. The van der Waals surface area contributed by atoms with E-state index in [0.29, 0.717) is 0 Å². The Balaban J connectivity index is 2.62. The summed E-state index contributed by atoms with van der Waals surface area (Å²) >= 11 is 1.78. The molecule has 0 heterocycles. The van der Waals surface area contributed by atoms with Crippen molar-refractivity contribution in [3.05, 3.63) is 35.4 Å². The molecule has 0 amide bonds. The highest BCUT2D eigenvalue weighted by Gasteiger charge is 1.92. The van der Waals surface area contributed by atoms with E-state index < -0.39 is 0 Å². The van der Waals surface area contributed by atoms with Gasteiger partial charge in [-0.15, -0.1) is 11.8 Å². The van der Waals surface area contributed by atoms with E-state index in [2.05, 4.69) is 55.8 Å². The lowest BCUT2D eigenvalue weighted by Crippen LogP contribution is -2.14. The van der Waals surface area contributed by atoms with Crippen LogP contribution in [0.1, 0.15) is 19.4 Å². The molecule has 1 nitrogen and oxygen atoms in total. The third-order valence-corrected chi connectivity index (χ3v) is 2.93. The molecule has 0 aromatic heterocycles. The summed E-state index contributed by atoms with van der Waals surface area (Å²) in [5.41, 5.74) is 2.65. The third-order valence-electron chi connectivity index (χ3n) is 2.18. The molecule has 0 bridgehead atoms. The van der Waals surface area contributed by atoms with Crippen LogP contribution in [0, 0.1) is 0 Å². The van der Waals surface area contributed by atoms with Crippen molar-refractivity contribution in [1.82, 2.24) is 5.32 Å². The van der Waals surface area contributed by atoms with E-state index in [9.17, 15) is 0 Å². The van der Waals surface area contributed by atoms with Crippen LogP contribution in [-0.2, 0) is 0 Å². The van der Waals surface area contributed by atoms with Crippen molar-refractivity contribution in [1.29, 1.82) is 0 Å². The minimum absolute atomic E-state index is 0.973. The molecule has 0 aliphatic heterocycles. The minimum atomic E-state index is 0.973. The molecule has 1 aromatic carbocycles. The quantitative estimate of drug-likeness (QED) is 0.765. The molecule has 0 fully saturated rings. The van der Waals surface area contributed by atoms with Crippen molar-refractivity contribution in [2.75, 3.05) is 19.3 Å². The van der Waals surface area contributed by atoms with Crippen LogP contribution >= 0.6 is 11.8 Å². The standard InChI is InChI=1S/C13H19NS/c1-4-14-10-11(2)9-12-5-7-13(15-3)8-6-12/h5-9,14H,4,10H2,1-3H3. The molecule has 2 heteroatoms. The molecule has 15 heavy (non-hydrogen) atoms. The first-order valence-electron chi connectivity index (χ1n) is 5.28. The number of likely N-dealkylation sites (N-methyl/N-ethyl adjacent to an activating group) is 1. The summed E-state index contributed by atoms with van der Waals surface area (Å²) in [5, 5.41) is 3.32. The highest BCUT2D eigenvalue weighted by Crippen LogP contribution is 2.16. The zero-order chi connectivity index (χ0) is 11.1. The van der Waals surface area contributed by atoms with Gasteiger partial charge in [-0.2, -0.15) is 0 Å². The third kappa shape index (κ3) is 4.54. The second kappa shape index (κ2) is 6.70. The van der Waals surface area contributed by atoms with Gasteiger partial charge in [0.2, 0.25) is 0 Å². The molecule has 0 radical (unpaired) electrons. The van der Waals surface area contributed by atoms with Gasteiger partial charge in [0.15, 0.2) is 0 Å². The normalized spacial score (nSPS) is 11.8. The van der Waals surface area contributed by atoms with Crippen LogP contribution in [0.15, 0.2) is 34.7 Å². The molecule has 1 N–H and O–H groups in total. The number of rotatable bonds is 5. The Morgan fingerprint density at radius 2 is 2.00 bits per heavy atom. The smallest absolute Gasteiger partial charge is 0.0165 e. The Bertz CT molecular complexity index is 314. The van der Waals surface area contributed by atoms with Crippen LogP contribution in [-0.4, -0.2) is 19.3 Å². The zero-order valence-electron chi connectivity index (χ0n) is 9.71. The SMILES string of the molecule is CCNCC(C)=Cc1ccc(SC)cc1. The Hall–Kier alpha value is -0.730. The average Bonchev–Trinajstić information content (AvgIpc) is 2.27. The van der Waals surface area contributed by atoms with Crippen LogP contribution in [0.25, 0.3) is 6.08 Å². The first-order chi connectivity index (χ1) is 7.26. The number of thioether (sulfide) groups is 1. The predicted molar refractivity (Wildman–Crippen MR) is 70.4 cm³/mol. The predicted octanol–water partition coefficient (Wildman–Crippen LogP) is 3.42. The largest absolute Gasteiger partial charge is 0.313 e. The maximum absolute atomic E-state index is 3.32. The van der Waals surface area contributed by atoms with Gasteiger partial charge in [0.05, 0.1) is 0 Å². The fourth-order valence-electron chi connectivity index (χ4n) is 1.36. The first-order valence-corrected chi connectivity index (χ1v) is 6.50. The Morgan fingerprint density at radius 3 is 2.53 bits per heavy atom. The van der Waals surface area contributed by atoms with E-state index in [4.69, 9.17) is 0 Å². The Labute approximate surface area is 97.0 Å². The number of benzene rings is 1. The highest BCUT2D eigenvalue weighted by atomic mass is 32.2. The van der Waals surface area contributed by atoms with Gasteiger partial charge >= 0.3 is 0 Å². The van der Waals surface area contributed by atoms with Crippen LogP contribution in [0.4, 0.5) is 0 Å². The zero-order valence-corrected chi connectivity index (χ0v) is 10.5. The lowest BCUT2D eigenvalue weighted by molar-refractivity contribution is 0.778. The maximum Gasteiger partial charge on any atom is 0.0165 e. The van der Waals surface area contributed by atoms with Crippen molar-refractivity contribution in [3.63, 3.8) is 0 Å². The van der Waals surface area contributed by atoms with Crippen molar-refractivity contribution in [2.45, 2.75) is 18.7 Å². The van der Waals surface area contributed by atoms with Gasteiger partial charge in [-0.25, -0.2) is 0 Å². The van der Waals surface area contributed by atoms with Gasteiger partial charge in [-0.3, -0.25) is 0 Å². The number of hydrogen-bond acceptors (Lipinski definition) is 2. The van der Waals surface area contributed by atoms with Crippen molar-refractivity contribution in [2.24, 2.45) is 0 Å². The molecule has 1 aromatic rings. The van der Waals surface area contributed by atoms with E-state index >= 15 is 0 Å². The van der Waals surface area contributed by atoms with Gasteiger partial charge in [0.1, 0.15) is 0 Å². The summed E-state index contributed by atoms with van der Waals surface area (Å²) in [6.07, 6.45) is 4.33. The first kappa shape index (κ1) is 12.3. The molecule has 1 rings (SSSR count).